The molecule has 144 valence electrons. The molecule has 0 spiro atoms. The maximum Gasteiger partial charge on any atom is 0.253 e. The highest BCUT2D eigenvalue weighted by Crippen LogP contribution is 2.39. The van der Waals surface area contributed by atoms with E-state index in [0.717, 1.165) is 37.0 Å². The van der Waals surface area contributed by atoms with Gasteiger partial charge in [0.2, 0.25) is 5.89 Å². The average molecular weight is 419 g/mol. The van der Waals surface area contributed by atoms with Gasteiger partial charge in [-0.3, -0.25) is 0 Å². The van der Waals surface area contributed by atoms with Gasteiger partial charge in [0, 0.05) is 11.4 Å². The monoisotopic (exact) mass is 418 g/mol. The first-order chi connectivity index (χ1) is 11.9. The molecule has 7 nitrogen and oxygen atoms in total. The van der Waals surface area contributed by atoms with Gasteiger partial charge in [0.15, 0.2) is 5.82 Å². The molecule has 4 rings (SSSR count). The number of hydrogen-bond donors (Lipinski definition) is 1. The van der Waals surface area contributed by atoms with Gasteiger partial charge in [-0.15, -0.1) is 23.7 Å². The topological polar surface area (TPSA) is 102 Å². The molecule has 10 heteroatoms. The third kappa shape index (κ3) is 3.31. The summed E-state index contributed by atoms with van der Waals surface area (Å²) < 4.78 is 33.3. The van der Waals surface area contributed by atoms with Gasteiger partial charge in [-0.1, -0.05) is 18.0 Å². The maximum absolute atomic E-state index is 13.0. The zero-order chi connectivity index (χ0) is 17.7. The van der Waals surface area contributed by atoms with Crippen LogP contribution in [0.25, 0.3) is 0 Å². The van der Waals surface area contributed by atoms with Crippen molar-refractivity contribution in [3.8, 4) is 0 Å². The first-order valence-corrected chi connectivity index (χ1v) is 10.9. The zero-order valence-electron chi connectivity index (χ0n) is 14.6. The smallest absolute Gasteiger partial charge is 0.253 e. The molecule has 1 unspecified atom stereocenters. The SMILES string of the molecule is Cc1ccc(S(=O)(=O)N2CCCC2c2nc(C3(N)CCCC3)no2)s1.Cl. The number of aryl methyl sites for hydroxylation is 1. The summed E-state index contributed by atoms with van der Waals surface area (Å²) >= 11 is 1.29. The molecule has 1 saturated carbocycles. The van der Waals surface area contributed by atoms with Gasteiger partial charge in [-0.2, -0.15) is 9.29 Å². The van der Waals surface area contributed by atoms with E-state index in [0.29, 0.717) is 28.9 Å². The van der Waals surface area contributed by atoms with E-state index in [1.54, 1.807) is 6.07 Å². The Bertz CT molecular complexity index is 874. The van der Waals surface area contributed by atoms with Gasteiger partial charge < -0.3 is 10.3 Å². The number of rotatable bonds is 4. The van der Waals surface area contributed by atoms with Crippen LogP contribution in [0.4, 0.5) is 0 Å². The molecule has 2 fully saturated rings. The van der Waals surface area contributed by atoms with Gasteiger partial charge >= 0.3 is 0 Å². The Morgan fingerprint density at radius 2 is 2.04 bits per heavy atom. The standard InChI is InChI=1S/C16H22N4O3S2.ClH/c1-11-6-7-13(24-11)25(21,22)20-10-4-5-12(20)14-18-15(19-23-14)16(17)8-2-3-9-16;/h6-7,12H,2-5,8-10,17H2,1H3;1H. The van der Waals surface area contributed by atoms with E-state index >= 15 is 0 Å². The van der Waals surface area contributed by atoms with Crippen molar-refractivity contribution in [2.75, 3.05) is 6.54 Å². The third-order valence-electron chi connectivity index (χ3n) is 5.15. The summed E-state index contributed by atoms with van der Waals surface area (Å²) in [5, 5.41) is 4.08. The van der Waals surface area contributed by atoms with Crippen molar-refractivity contribution in [1.29, 1.82) is 0 Å². The molecule has 2 aromatic heterocycles. The number of sulfonamides is 1. The number of aromatic nitrogens is 2. The Morgan fingerprint density at radius 3 is 2.69 bits per heavy atom. The predicted octanol–water partition coefficient (Wildman–Crippen LogP) is 3.12. The summed E-state index contributed by atoms with van der Waals surface area (Å²) in [7, 11) is -3.55. The quantitative estimate of drug-likeness (QED) is 0.818. The average Bonchev–Trinajstić information content (AvgIpc) is 3.34. The van der Waals surface area contributed by atoms with Crippen LogP contribution < -0.4 is 5.73 Å². The van der Waals surface area contributed by atoms with E-state index in [2.05, 4.69) is 10.1 Å². The summed E-state index contributed by atoms with van der Waals surface area (Å²) in [6, 6.07) is 3.09. The lowest BCUT2D eigenvalue weighted by molar-refractivity contribution is 0.285. The number of halogens is 1. The number of nitrogens with zero attached hydrogens (tertiary/aromatic N) is 3. The van der Waals surface area contributed by atoms with Gasteiger partial charge in [-0.25, -0.2) is 8.42 Å². The van der Waals surface area contributed by atoms with Crippen molar-refractivity contribution < 1.29 is 12.9 Å². The van der Waals surface area contributed by atoms with Crippen LogP contribution in [0.5, 0.6) is 0 Å². The normalized spacial score (nSPS) is 23.2. The Labute approximate surface area is 163 Å². The van der Waals surface area contributed by atoms with Crippen molar-refractivity contribution in [3.63, 3.8) is 0 Å². The summed E-state index contributed by atoms with van der Waals surface area (Å²) in [6.45, 7) is 2.37. The van der Waals surface area contributed by atoms with E-state index in [4.69, 9.17) is 10.3 Å². The minimum atomic E-state index is -3.55. The summed E-state index contributed by atoms with van der Waals surface area (Å²) in [5.41, 5.74) is 5.86. The van der Waals surface area contributed by atoms with Crippen molar-refractivity contribution >= 4 is 33.8 Å². The second-order valence-corrected chi connectivity index (χ2v) is 10.4. The minimum Gasteiger partial charge on any atom is -0.337 e. The van der Waals surface area contributed by atoms with Gasteiger partial charge in [0.1, 0.15) is 10.3 Å². The lowest BCUT2D eigenvalue weighted by atomic mass is 9.99. The molecule has 0 radical (unpaired) electrons. The molecule has 1 aliphatic carbocycles. The van der Waals surface area contributed by atoms with Crippen LogP contribution in [-0.4, -0.2) is 29.4 Å². The van der Waals surface area contributed by atoms with E-state index in [9.17, 15) is 8.42 Å². The van der Waals surface area contributed by atoms with E-state index in [-0.39, 0.29) is 12.4 Å². The van der Waals surface area contributed by atoms with Gasteiger partial charge in [-0.05, 0) is 44.7 Å². The van der Waals surface area contributed by atoms with Gasteiger partial charge in [0.05, 0.1) is 5.54 Å². The Morgan fingerprint density at radius 1 is 1.31 bits per heavy atom. The lowest BCUT2D eigenvalue weighted by Gasteiger charge is -2.20. The fourth-order valence-electron chi connectivity index (χ4n) is 3.74. The Hall–Kier alpha value is -1.00. The minimum absolute atomic E-state index is 0. The molecule has 2 aliphatic rings. The largest absolute Gasteiger partial charge is 0.337 e. The highest BCUT2D eigenvalue weighted by Gasteiger charge is 2.42. The summed E-state index contributed by atoms with van der Waals surface area (Å²) in [5.74, 6) is 0.872. The van der Waals surface area contributed by atoms with E-state index in [1.807, 2.05) is 13.0 Å². The second kappa shape index (κ2) is 7.20. The van der Waals surface area contributed by atoms with Crippen LogP contribution >= 0.6 is 23.7 Å². The van der Waals surface area contributed by atoms with Crippen molar-refractivity contribution in [2.45, 2.75) is 61.2 Å². The molecule has 2 N–H and O–H groups in total. The van der Waals surface area contributed by atoms with Gasteiger partial charge in [0.25, 0.3) is 10.0 Å². The van der Waals surface area contributed by atoms with Crippen molar-refractivity contribution in [2.24, 2.45) is 5.73 Å². The Balaban J connectivity index is 0.00000196. The second-order valence-electron chi connectivity index (χ2n) is 6.96. The summed E-state index contributed by atoms with van der Waals surface area (Å²) in [4.78, 5) is 5.48. The number of thiophene rings is 1. The lowest BCUT2D eigenvalue weighted by Crippen LogP contribution is -2.34. The van der Waals surface area contributed by atoms with E-state index in [1.165, 1.54) is 15.6 Å². The molecule has 0 amide bonds. The molecular weight excluding hydrogens is 396 g/mol. The first-order valence-electron chi connectivity index (χ1n) is 8.61. The van der Waals surface area contributed by atoms with E-state index < -0.39 is 21.6 Å². The fourth-order valence-corrected chi connectivity index (χ4v) is 6.81. The summed E-state index contributed by atoms with van der Waals surface area (Å²) in [6.07, 6.45) is 5.26. The molecule has 26 heavy (non-hydrogen) atoms. The molecule has 0 bridgehead atoms. The number of hydrogen-bond acceptors (Lipinski definition) is 7. The van der Waals surface area contributed by atoms with Crippen LogP contribution in [0.3, 0.4) is 0 Å². The first kappa shape index (κ1) is 19.8. The number of nitrogens with two attached hydrogens (primary N) is 1. The molecule has 3 heterocycles. The fraction of sp³-hybridized carbons (Fsp3) is 0.625. The highest BCUT2D eigenvalue weighted by atomic mass is 35.5. The van der Waals surface area contributed by atoms with Crippen LogP contribution in [0, 0.1) is 6.92 Å². The van der Waals surface area contributed by atoms with Crippen LogP contribution in [0.1, 0.15) is 61.2 Å². The van der Waals surface area contributed by atoms with Crippen LogP contribution in [-0.2, 0) is 15.6 Å². The molecule has 0 aromatic carbocycles. The predicted molar refractivity (Wildman–Crippen MR) is 101 cm³/mol. The third-order valence-corrected chi connectivity index (χ3v) is 8.53. The molecule has 1 atom stereocenters. The molecular formula is C16H23ClN4O3S2. The van der Waals surface area contributed by atoms with Crippen LogP contribution in [0.15, 0.2) is 20.9 Å². The molecule has 2 aromatic rings. The highest BCUT2D eigenvalue weighted by molar-refractivity contribution is 7.91. The zero-order valence-corrected chi connectivity index (χ0v) is 17.0. The van der Waals surface area contributed by atoms with Crippen LogP contribution in [0.2, 0.25) is 0 Å². The van der Waals surface area contributed by atoms with Crippen molar-refractivity contribution in [3.05, 3.63) is 28.7 Å². The van der Waals surface area contributed by atoms with Crippen molar-refractivity contribution in [1.82, 2.24) is 14.4 Å². The molecule has 1 saturated heterocycles. The maximum atomic E-state index is 13.0. The Kier molecular flexibility index (Phi) is 5.47. The molecule has 1 aliphatic heterocycles.